The summed E-state index contributed by atoms with van der Waals surface area (Å²) < 4.78 is 20.1. The third-order valence-corrected chi connectivity index (χ3v) is 10.5. The Hall–Kier alpha value is -3.58. The molecule has 4 rings (SSSR count). The van der Waals surface area contributed by atoms with Crippen molar-refractivity contribution in [2.24, 2.45) is 17.8 Å². The Labute approximate surface area is 292 Å². The normalized spacial score (nSPS) is 33.2. The van der Waals surface area contributed by atoms with E-state index in [4.69, 9.17) is 22.1 Å². The summed E-state index contributed by atoms with van der Waals surface area (Å²) in [6.07, 6.45) is 6.89. The molecule has 0 aromatic carbocycles. The van der Waals surface area contributed by atoms with Crippen molar-refractivity contribution >= 4 is 25.7 Å². The Kier molecular flexibility index (Phi) is 12.8. The summed E-state index contributed by atoms with van der Waals surface area (Å²) in [5.74, 6) is -3.35. The van der Waals surface area contributed by atoms with E-state index in [2.05, 4.69) is 34.1 Å². The summed E-state index contributed by atoms with van der Waals surface area (Å²) in [5, 5.41) is 12.1. The number of fused-ring (bicyclic) bond motifs is 1. The van der Waals surface area contributed by atoms with Gasteiger partial charge in [0.1, 0.15) is 23.5 Å². The van der Waals surface area contributed by atoms with Gasteiger partial charge in [0.15, 0.2) is 5.60 Å². The van der Waals surface area contributed by atoms with E-state index in [1.807, 2.05) is 45.2 Å². The molecule has 13 heteroatoms. The van der Waals surface area contributed by atoms with Gasteiger partial charge in [0.05, 0.1) is 31.4 Å². The topological polar surface area (TPSA) is 138 Å². The SMILES string of the molecule is [B][C@@H]1[C@@H](C)C(=O)[C@@H](C)C(=O)O[C@H](CC)[C@@]2(C)OC(=O)N(CCCCn3cc(-c4ccccn4)nn3)[C@@H]2[C@@H](C)NC[C@H](C)C[C@@]1(CC=C)OC. The number of hydrogen-bond acceptors (Lipinski definition) is 10. The fourth-order valence-corrected chi connectivity index (χ4v) is 7.63. The molecule has 2 fully saturated rings. The smallest absolute Gasteiger partial charge is 0.410 e. The summed E-state index contributed by atoms with van der Waals surface area (Å²) in [5.41, 5.74) is -0.593. The average molecular weight is 677 g/mol. The van der Waals surface area contributed by atoms with E-state index < -0.39 is 53.1 Å². The highest BCUT2D eigenvalue weighted by molar-refractivity contribution is 6.15. The van der Waals surface area contributed by atoms with E-state index in [0.717, 1.165) is 12.1 Å². The van der Waals surface area contributed by atoms with Crippen LogP contribution in [0.1, 0.15) is 73.6 Å². The minimum Gasteiger partial charge on any atom is -0.458 e. The number of Topliss-reactive ketones (excluding diaryl/α,β-unsaturated/α-hetero) is 1. The number of amides is 1. The number of carbonyl (C=O) groups excluding carboxylic acids is 3. The number of nitrogens with zero attached hydrogens (tertiary/aromatic N) is 5. The molecule has 49 heavy (non-hydrogen) atoms. The number of esters is 1. The van der Waals surface area contributed by atoms with Crippen molar-refractivity contribution in [2.75, 3.05) is 20.2 Å². The molecule has 9 atom stereocenters. The van der Waals surface area contributed by atoms with Gasteiger partial charge in [-0.1, -0.05) is 38.1 Å². The van der Waals surface area contributed by atoms with Crippen LogP contribution >= 0.6 is 0 Å². The van der Waals surface area contributed by atoms with E-state index in [1.54, 1.807) is 42.8 Å². The number of aromatic nitrogens is 4. The van der Waals surface area contributed by atoms with Gasteiger partial charge in [0.2, 0.25) is 0 Å². The summed E-state index contributed by atoms with van der Waals surface area (Å²) >= 11 is 0. The van der Waals surface area contributed by atoms with Gasteiger partial charge in [-0.05, 0) is 83.3 Å². The molecule has 2 aliphatic heterocycles. The van der Waals surface area contributed by atoms with Gasteiger partial charge in [-0.2, -0.15) is 0 Å². The number of pyridine rings is 1. The number of methoxy groups -OCH3 is 1. The van der Waals surface area contributed by atoms with Crippen LogP contribution < -0.4 is 5.32 Å². The van der Waals surface area contributed by atoms with Crippen LogP contribution in [-0.2, 0) is 30.3 Å². The van der Waals surface area contributed by atoms with Gasteiger partial charge in [-0.3, -0.25) is 24.2 Å². The molecule has 266 valence electrons. The molecule has 0 spiro atoms. The fraction of sp³-hybridized carbons (Fsp3) is 0.667. The molecule has 2 aromatic heterocycles. The number of unbranched alkanes of at least 4 members (excludes halogenated alkanes) is 1. The highest BCUT2D eigenvalue weighted by Gasteiger charge is 2.58. The minimum absolute atomic E-state index is 0.0782. The zero-order chi connectivity index (χ0) is 35.9. The van der Waals surface area contributed by atoms with Crippen LogP contribution in [0.2, 0.25) is 5.82 Å². The van der Waals surface area contributed by atoms with E-state index >= 15 is 0 Å². The number of ketones is 1. The third-order valence-electron chi connectivity index (χ3n) is 10.5. The van der Waals surface area contributed by atoms with Gasteiger partial charge in [0.25, 0.3) is 0 Å². The van der Waals surface area contributed by atoms with Crippen molar-refractivity contribution in [1.82, 2.24) is 30.2 Å². The Bertz CT molecular complexity index is 1440. The van der Waals surface area contributed by atoms with Gasteiger partial charge >= 0.3 is 12.1 Å². The molecule has 2 aliphatic rings. The van der Waals surface area contributed by atoms with Gasteiger partial charge in [-0.15, -0.1) is 11.7 Å². The summed E-state index contributed by atoms with van der Waals surface area (Å²) in [7, 11) is 8.39. The second-order valence-electron chi connectivity index (χ2n) is 14.0. The lowest BCUT2D eigenvalue weighted by molar-refractivity contribution is -0.170. The Morgan fingerprint density at radius 3 is 2.53 bits per heavy atom. The number of ether oxygens (including phenoxy) is 3. The maximum Gasteiger partial charge on any atom is 0.410 e. The lowest BCUT2D eigenvalue weighted by atomic mass is 9.60. The maximum atomic E-state index is 13.7. The summed E-state index contributed by atoms with van der Waals surface area (Å²) in [6.45, 7) is 16.7. The lowest BCUT2D eigenvalue weighted by Gasteiger charge is -2.43. The van der Waals surface area contributed by atoms with Crippen molar-refractivity contribution in [3.8, 4) is 11.4 Å². The monoisotopic (exact) mass is 676 g/mol. The Morgan fingerprint density at radius 1 is 1.14 bits per heavy atom. The number of nitrogens with one attached hydrogen (secondary N) is 1. The van der Waals surface area contributed by atoms with Crippen LogP contribution in [0.5, 0.6) is 0 Å². The van der Waals surface area contributed by atoms with E-state index in [1.165, 1.54) is 0 Å². The van der Waals surface area contributed by atoms with Crippen LogP contribution in [0, 0.1) is 17.8 Å². The first kappa shape index (κ1) is 38.2. The first-order valence-electron chi connectivity index (χ1n) is 17.5. The summed E-state index contributed by atoms with van der Waals surface area (Å²) in [6, 6.07) is 4.94. The predicted octanol–water partition coefficient (Wildman–Crippen LogP) is 4.80. The molecular formula is C36H53BN6O6. The molecule has 4 heterocycles. The average Bonchev–Trinajstić information content (AvgIpc) is 3.67. The number of carbonyl (C=O) groups is 3. The third kappa shape index (κ3) is 8.25. The van der Waals surface area contributed by atoms with Crippen molar-refractivity contribution < 1.29 is 28.6 Å². The molecule has 0 aliphatic carbocycles. The zero-order valence-electron chi connectivity index (χ0n) is 30.1. The number of aryl methyl sites for hydroxylation is 1. The van der Waals surface area contributed by atoms with Gasteiger partial charge in [-0.25, -0.2) is 4.79 Å². The van der Waals surface area contributed by atoms with Gasteiger partial charge in [0, 0.05) is 38.4 Å². The largest absolute Gasteiger partial charge is 0.458 e. The van der Waals surface area contributed by atoms with Gasteiger partial charge < -0.3 is 19.5 Å². The molecule has 2 radical (unpaired) electrons. The lowest BCUT2D eigenvalue weighted by Crippen LogP contribution is -2.61. The molecule has 0 bridgehead atoms. The van der Waals surface area contributed by atoms with Crippen molar-refractivity contribution in [1.29, 1.82) is 0 Å². The molecule has 0 saturated carbocycles. The number of hydrogen-bond donors (Lipinski definition) is 1. The van der Waals surface area contributed by atoms with Crippen LogP contribution in [0.25, 0.3) is 11.4 Å². The number of rotatable bonds is 10. The maximum absolute atomic E-state index is 13.7. The fourth-order valence-electron chi connectivity index (χ4n) is 7.63. The van der Waals surface area contributed by atoms with E-state index in [-0.39, 0.29) is 17.7 Å². The number of cyclic esters (lactones) is 1. The van der Waals surface area contributed by atoms with Crippen molar-refractivity contribution in [3.05, 3.63) is 43.2 Å². The second kappa shape index (κ2) is 16.4. The first-order chi connectivity index (χ1) is 23.3. The van der Waals surface area contributed by atoms with E-state index in [9.17, 15) is 14.4 Å². The van der Waals surface area contributed by atoms with Crippen molar-refractivity contribution in [2.45, 2.75) is 115 Å². The van der Waals surface area contributed by atoms with Crippen LogP contribution in [-0.4, -0.2) is 100 Å². The minimum atomic E-state index is -1.18. The standard InChI is InChI=1S/C36H53BN6O6/c1-9-16-36(47-8)20-23(3)21-39-26(6)32-35(7,29(10-2)48-33(45)25(5)30(44)24(4)31(36)37)49-34(46)43(32)19-14-13-18-42-22-28(40-41-42)27-15-11-12-17-38-27/h9,11-12,15,17,22-26,29,31-32,39H,1,10,13-14,16,18-21H2,2-8H3/t23-,24+,25-,26-,29-,31-,32-,35-,36-/m1/s1. The molecule has 2 saturated heterocycles. The Balaban J connectivity index is 1.57. The highest BCUT2D eigenvalue weighted by atomic mass is 16.6. The molecule has 2 aromatic rings. The quantitative estimate of drug-likeness (QED) is 0.123. The summed E-state index contributed by atoms with van der Waals surface area (Å²) in [4.78, 5) is 47.0. The zero-order valence-corrected chi connectivity index (χ0v) is 30.1. The predicted molar refractivity (Wildman–Crippen MR) is 187 cm³/mol. The van der Waals surface area contributed by atoms with Crippen LogP contribution in [0.3, 0.4) is 0 Å². The molecule has 0 unspecified atom stereocenters. The molecular weight excluding hydrogens is 623 g/mol. The van der Waals surface area contributed by atoms with Crippen LogP contribution in [0.15, 0.2) is 43.2 Å². The van der Waals surface area contributed by atoms with Crippen LogP contribution in [0.4, 0.5) is 4.79 Å². The first-order valence-corrected chi connectivity index (χ1v) is 17.5. The molecule has 12 nitrogen and oxygen atoms in total. The second-order valence-corrected chi connectivity index (χ2v) is 14.0. The van der Waals surface area contributed by atoms with Crippen molar-refractivity contribution in [3.63, 3.8) is 0 Å². The molecule has 1 N–H and O–H groups in total. The highest BCUT2D eigenvalue weighted by Crippen LogP contribution is 2.42. The molecule has 1 amide bonds. The Morgan fingerprint density at radius 2 is 1.88 bits per heavy atom. The van der Waals surface area contributed by atoms with E-state index in [0.29, 0.717) is 51.0 Å².